The minimum Gasteiger partial charge on any atom is -0.390 e. The van der Waals surface area contributed by atoms with Crippen molar-refractivity contribution in [2.24, 2.45) is 0 Å². The van der Waals surface area contributed by atoms with Crippen molar-refractivity contribution in [3.05, 3.63) is 40.1 Å². The molecule has 18 heavy (non-hydrogen) atoms. The van der Waals surface area contributed by atoms with E-state index < -0.39 is 0 Å². The number of aliphatic hydroxyl groups is 1. The van der Waals surface area contributed by atoms with Crippen LogP contribution in [0.5, 0.6) is 0 Å². The van der Waals surface area contributed by atoms with Crippen molar-refractivity contribution >= 4 is 15.9 Å². The van der Waals surface area contributed by atoms with Crippen LogP contribution < -0.4 is 0 Å². The molecule has 0 spiro atoms. The number of hydrogen-bond acceptors (Lipinski definition) is 2. The van der Waals surface area contributed by atoms with E-state index >= 15 is 0 Å². The van der Waals surface area contributed by atoms with Crippen molar-refractivity contribution in [3.8, 4) is 11.4 Å². The molecule has 1 aromatic carbocycles. The number of aliphatic hydroxyl groups excluding tert-OH is 1. The van der Waals surface area contributed by atoms with Gasteiger partial charge in [0.1, 0.15) is 5.82 Å². The Morgan fingerprint density at radius 3 is 2.72 bits per heavy atom. The second-order valence-corrected chi connectivity index (χ2v) is 5.52. The third-order valence-electron chi connectivity index (χ3n) is 3.45. The Kier molecular flexibility index (Phi) is 3.22. The normalized spacial score (nSPS) is 14.6. The maximum atomic E-state index is 9.41. The molecular formula is C14H15BrN2O. The molecule has 1 aromatic heterocycles. The number of halogens is 1. The summed E-state index contributed by atoms with van der Waals surface area (Å²) < 4.78 is 3.33. The van der Waals surface area contributed by atoms with Crippen LogP contribution in [-0.2, 0) is 19.6 Å². The van der Waals surface area contributed by atoms with Gasteiger partial charge in [0.2, 0.25) is 0 Å². The molecule has 3 rings (SSSR count). The summed E-state index contributed by atoms with van der Waals surface area (Å²) in [5.74, 6) is 0.987. The van der Waals surface area contributed by atoms with E-state index in [9.17, 15) is 5.11 Å². The van der Waals surface area contributed by atoms with Gasteiger partial charge in [-0.05, 0) is 31.4 Å². The van der Waals surface area contributed by atoms with Crippen LogP contribution in [-0.4, -0.2) is 14.7 Å². The van der Waals surface area contributed by atoms with E-state index in [1.54, 1.807) is 0 Å². The molecule has 0 amide bonds. The van der Waals surface area contributed by atoms with E-state index in [-0.39, 0.29) is 6.61 Å². The molecule has 0 bridgehead atoms. The molecule has 0 unspecified atom stereocenters. The van der Waals surface area contributed by atoms with Gasteiger partial charge < -0.3 is 9.67 Å². The highest BCUT2D eigenvalue weighted by Crippen LogP contribution is 2.28. The Morgan fingerprint density at radius 2 is 2.00 bits per heavy atom. The monoisotopic (exact) mass is 306 g/mol. The van der Waals surface area contributed by atoms with Crippen molar-refractivity contribution in [3.63, 3.8) is 0 Å². The molecule has 2 aromatic rings. The number of hydrogen-bond donors (Lipinski definition) is 1. The third-order valence-corrected chi connectivity index (χ3v) is 3.98. The molecule has 0 radical (unpaired) electrons. The summed E-state index contributed by atoms with van der Waals surface area (Å²) in [5, 5.41) is 9.41. The lowest BCUT2D eigenvalue weighted by Gasteiger charge is -2.17. The SMILES string of the molecule is OCc1nc(-c2ccc(Br)cc2)n2c1CCCC2. The summed E-state index contributed by atoms with van der Waals surface area (Å²) >= 11 is 3.44. The number of fused-ring (bicyclic) bond motifs is 1. The zero-order chi connectivity index (χ0) is 12.5. The largest absolute Gasteiger partial charge is 0.390 e. The van der Waals surface area contributed by atoms with Gasteiger partial charge in [0.15, 0.2) is 0 Å². The molecule has 94 valence electrons. The van der Waals surface area contributed by atoms with Gasteiger partial charge in [-0.25, -0.2) is 4.98 Å². The molecule has 3 nitrogen and oxygen atoms in total. The predicted molar refractivity (Wildman–Crippen MR) is 74.2 cm³/mol. The average Bonchev–Trinajstić information content (AvgIpc) is 2.79. The van der Waals surface area contributed by atoms with Crippen molar-refractivity contribution in [1.29, 1.82) is 0 Å². The highest BCUT2D eigenvalue weighted by molar-refractivity contribution is 9.10. The lowest BCUT2D eigenvalue weighted by atomic mass is 10.1. The van der Waals surface area contributed by atoms with Crippen molar-refractivity contribution in [2.75, 3.05) is 0 Å². The smallest absolute Gasteiger partial charge is 0.140 e. The average molecular weight is 307 g/mol. The summed E-state index contributed by atoms with van der Waals surface area (Å²) in [4.78, 5) is 4.61. The van der Waals surface area contributed by atoms with Crippen LogP contribution in [0.25, 0.3) is 11.4 Å². The molecule has 1 aliphatic rings. The standard InChI is InChI=1S/C14H15BrN2O/c15-11-6-4-10(5-7-11)14-16-12(9-18)13-3-1-2-8-17(13)14/h4-7,18H,1-3,8-9H2. The summed E-state index contributed by atoms with van der Waals surface area (Å²) in [6.45, 7) is 1.04. The van der Waals surface area contributed by atoms with Crippen molar-refractivity contribution in [2.45, 2.75) is 32.4 Å². The lowest BCUT2D eigenvalue weighted by molar-refractivity contribution is 0.275. The molecule has 0 fully saturated rings. The highest BCUT2D eigenvalue weighted by atomic mass is 79.9. The fourth-order valence-electron chi connectivity index (χ4n) is 2.56. The van der Waals surface area contributed by atoms with Gasteiger partial charge in [-0.3, -0.25) is 0 Å². The summed E-state index contributed by atoms with van der Waals surface area (Å²) in [6.07, 6.45) is 3.41. The van der Waals surface area contributed by atoms with E-state index in [0.29, 0.717) is 0 Å². The van der Waals surface area contributed by atoms with Crippen LogP contribution in [0.2, 0.25) is 0 Å². The minimum absolute atomic E-state index is 0.0336. The quantitative estimate of drug-likeness (QED) is 0.925. The second kappa shape index (κ2) is 4.86. The molecule has 2 heterocycles. The molecule has 0 atom stereocenters. The Bertz CT molecular complexity index is 560. The molecule has 1 aliphatic heterocycles. The Morgan fingerprint density at radius 1 is 1.22 bits per heavy atom. The first-order valence-electron chi connectivity index (χ1n) is 6.24. The number of benzene rings is 1. The van der Waals surface area contributed by atoms with E-state index in [1.165, 1.54) is 18.5 Å². The second-order valence-electron chi connectivity index (χ2n) is 4.60. The van der Waals surface area contributed by atoms with Gasteiger partial charge in [0.05, 0.1) is 12.3 Å². The lowest BCUT2D eigenvalue weighted by Crippen LogP contribution is -2.12. The molecule has 1 N–H and O–H groups in total. The fourth-order valence-corrected chi connectivity index (χ4v) is 2.83. The maximum Gasteiger partial charge on any atom is 0.140 e. The first kappa shape index (κ1) is 11.9. The van der Waals surface area contributed by atoms with Gasteiger partial charge in [0, 0.05) is 22.3 Å². The van der Waals surface area contributed by atoms with Gasteiger partial charge >= 0.3 is 0 Å². The summed E-state index contributed by atoms with van der Waals surface area (Å²) in [6, 6.07) is 8.18. The van der Waals surface area contributed by atoms with Gasteiger partial charge in [-0.1, -0.05) is 28.1 Å². The molecule has 0 saturated heterocycles. The maximum absolute atomic E-state index is 9.41. The van der Waals surface area contributed by atoms with Crippen LogP contribution in [0.4, 0.5) is 0 Å². The van der Waals surface area contributed by atoms with Crippen molar-refractivity contribution in [1.82, 2.24) is 9.55 Å². The van der Waals surface area contributed by atoms with Crippen molar-refractivity contribution < 1.29 is 5.11 Å². The highest BCUT2D eigenvalue weighted by Gasteiger charge is 2.20. The van der Waals surface area contributed by atoms with Gasteiger partial charge in [-0.2, -0.15) is 0 Å². The van der Waals surface area contributed by atoms with E-state index in [4.69, 9.17) is 0 Å². The Labute approximate surface area is 115 Å². The van der Waals surface area contributed by atoms with Crippen LogP contribution in [0.3, 0.4) is 0 Å². The van der Waals surface area contributed by atoms with Crippen LogP contribution >= 0.6 is 15.9 Å². The predicted octanol–water partition coefficient (Wildman–Crippen LogP) is 3.14. The zero-order valence-electron chi connectivity index (χ0n) is 10.1. The number of rotatable bonds is 2. The van der Waals surface area contributed by atoms with E-state index in [1.807, 2.05) is 12.1 Å². The van der Waals surface area contributed by atoms with E-state index in [2.05, 4.69) is 37.6 Å². The first-order chi connectivity index (χ1) is 8.79. The van der Waals surface area contributed by atoms with Gasteiger partial charge in [0.25, 0.3) is 0 Å². The molecule has 4 heteroatoms. The summed E-state index contributed by atoms with van der Waals surface area (Å²) in [5.41, 5.74) is 3.16. The van der Waals surface area contributed by atoms with Gasteiger partial charge in [-0.15, -0.1) is 0 Å². The molecule has 0 aliphatic carbocycles. The number of nitrogens with zero attached hydrogens (tertiary/aromatic N) is 2. The minimum atomic E-state index is 0.0336. The van der Waals surface area contributed by atoms with E-state index in [0.717, 1.165) is 34.5 Å². The van der Waals surface area contributed by atoms with Crippen LogP contribution in [0.1, 0.15) is 24.2 Å². The number of aromatic nitrogens is 2. The van der Waals surface area contributed by atoms with Crippen LogP contribution in [0, 0.1) is 0 Å². The third kappa shape index (κ3) is 1.99. The summed E-state index contributed by atoms with van der Waals surface area (Å²) in [7, 11) is 0. The zero-order valence-corrected chi connectivity index (χ0v) is 11.7. The number of imidazole rings is 1. The topological polar surface area (TPSA) is 38.1 Å². The van der Waals surface area contributed by atoms with Crippen LogP contribution in [0.15, 0.2) is 28.7 Å². The molecular weight excluding hydrogens is 292 g/mol. The fraction of sp³-hybridized carbons (Fsp3) is 0.357. The Balaban J connectivity index is 2.11. The first-order valence-corrected chi connectivity index (χ1v) is 7.04. The Hall–Kier alpha value is -1.13. The molecule has 0 saturated carbocycles.